The molecule has 0 saturated carbocycles. The molecule has 15 heavy (non-hydrogen) atoms. The fourth-order valence-corrected chi connectivity index (χ4v) is 1.09. The maximum absolute atomic E-state index is 5.40. The van der Waals surface area contributed by atoms with E-state index in [9.17, 15) is 0 Å². The van der Waals surface area contributed by atoms with Crippen molar-refractivity contribution < 1.29 is 4.74 Å². The molecule has 1 aromatic heterocycles. The molecule has 4 heteroatoms. The van der Waals surface area contributed by atoms with Gasteiger partial charge in [0, 0.05) is 25.5 Å². The highest BCUT2D eigenvalue weighted by Crippen LogP contribution is 1.93. The van der Waals surface area contributed by atoms with Crippen molar-refractivity contribution in [1.82, 2.24) is 15.3 Å². The van der Waals surface area contributed by atoms with Crippen LogP contribution >= 0.6 is 0 Å². The third-order valence-electron chi connectivity index (χ3n) is 1.87. The Hall–Kier alpha value is -1.00. The zero-order valence-corrected chi connectivity index (χ0v) is 9.66. The van der Waals surface area contributed by atoms with E-state index < -0.39 is 0 Å². The third kappa shape index (κ3) is 5.44. The van der Waals surface area contributed by atoms with Crippen LogP contribution in [-0.2, 0) is 11.3 Å². The van der Waals surface area contributed by atoms with Crippen molar-refractivity contribution in [2.45, 2.75) is 33.4 Å². The first-order valence-corrected chi connectivity index (χ1v) is 5.28. The first-order valence-electron chi connectivity index (χ1n) is 5.28. The number of ether oxygens (including phenoxy) is 1. The number of hydrogen-bond donors (Lipinski definition) is 1. The fourth-order valence-electron chi connectivity index (χ4n) is 1.09. The van der Waals surface area contributed by atoms with Crippen molar-refractivity contribution in [3.63, 3.8) is 0 Å². The number of nitrogens with zero attached hydrogens (tertiary/aromatic N) is 2. The van der Waals surface area contributed by atoms with Crippen LogP contribution in [-0.4, -0.2) is 29.2 Å². The van der Waals surface area contributed by atoms with Gasteiger partial charge in [-0.15, -0.1) is 0 Å². The first kappa shape index (κ1) is 12.1. The lowest BCUT2D eigenvalue weighted by Gasteiger charge is -2.08. The van der Waals surface area contributed by atoms with E-state index in [2.05, 4.69) is 15.3 Å². The zero-order valence-electron chi connectivity index (χ0n) is 9.66. The molecule has 0 aliphatic carbocycles. The Morgan fingerprint density at radius 2 is 2.13 bits per heavy atom. The minimum atomic E-state index is 0.297. The molecule has 0 aromatic carbocycles. The van der Waals surface area contributed by atoms with Gasteiger partial charge >= 0.3 is 0 Å². The zero-order chi connectivity index (χ0) is 11.1. The summed E-state index contributed by atoms with van der Waals surface area (Å²) in [5, 5.41) is 3.25. The quantitative estimate of drug-likeness (QED) is 0.717. The molecule has 0 fully saturated rings. The summed E-state index contributed by atoms with van der Waals surface area (Å²) in [6, 6.07) is 0. The molecule has 0 bridgehead atoms. The van der Waals surface area contributed by atoms with Crippen molar-refractivity contribution in [1.29, 1.82) is 0 Å². The van der Waals surface area contributed by atoms with Crippen LogP contribution in [0.25, 0.3) is 0 Å². The van der Waals surface area contributed by atoms with E-state index in [4.69, 9.17) is 4.74 Å². The van der Waals surface area contributed by atoms with Crippen LogP contribution in [0.15, 0.2) is 12.4 Å². The smallest absolute Gasteiger partial charge is 0.0724 e. The van der Waals surface area contributed by atoms with E-state index in [-0.39, 0.29) is 0 Å². The van der Waals surface area contributed by atoms with Gasteiger partial charge in [0.25, 0.3) is 0 Å². The Bertz CT molecular complexity index is 272. The van der Waals surface area contributed by atoms with Crippen molar-refractivity contribution in [2.75, 3.05) is 13.2 Å². The SMILES string of the molecule is Cc1cnc(CNCCOC(C)C)cn1. The van der Waals surface area contributed by atoms with Crippen molar-refractivity contribution in [3.05, 3.63) is 23.8 Å². The largest absolute Gasteiger partial charge is 0.377 e. The monoisotopic (exact) mass is 209 g/mol. The lowest BCUT2D eigenvalue weighted by atomic mass is 10.4. The van der Waals surface area contributed by atoms with E-state index >= 15 is 0 Å². The molecule has 1 rings (SSSR count). The molecule has 1 N–H and O–H groups in total. The average molecular weight is 209 g/mol. The number of rotatable bonds is 6. The number of aromatic nitrogens is 2. The second kappa shape index (κ2) is 6.48. The standard InChI is InChI=1S/C11H19N3O/c1-9(2)15-5-4-12-7-11-8-13-10(3)6-14-11/h6,8-9,12H,4-5,7H2,1-3H3. The normalized spacial score (nSPS) is 10.9. The summed E-state index contributed by atoms with van der Waals surface area (Å²) < 4.78 is 5.40. The molecular formula is C11H19N3O. The summed E-state index contributed by atoms with van der Waals surface area (Å²) in [5.74, 6) is 0. The minimum absolute atomic E-state index is 0.297. The van der Waals surface area contributed by atoms with Crippen molar-refractivity contribution in [3.8, 4) is 0 Å². The molecule has 0 unspecified atom stereocenters. The van der Waals surface area contributed by atoms with Gasteiger partial charge in [-0.2, -0.15) is 0 Å². The first-order chi connectivity index (χ1) is 7.18. The second-order valence-electron chi connectivity index (χ2n) is 3.75. The highest BCUT2D eigenvalue weighted by atomic mass is 16.5. The summed E-state index contributed by atoms with van der Waals surface area (Å²) in [7, 11) is 0. The summed E-state index contributed by atoms with van der Waals surface area (Å²) in [6.45, 7) is 8.32. The van der Waals surface area contributed by atoms with Crippen molar-refractivity contribution >= 4 is 0 Å². The highest BCUT2D eigenvalue weighted by Gasteiger charge is 1.95. The molecule has 1 aromatic rings. The van der Waals surface area contributed by atoms with Crippen LogP contribution in [0.2, 0.25) is 0 Å². The number of hydrogen-bond acceptors (Lipinski definition) is 4. The fraction of sp³-hybridized carbons (Fsp3) is 0.636. The van der Waals surface area contributed by atoms with Crippen LogP contribution in [0.5, 0.6) is 0 Å². The van der Waals surface area contributed by atoms with E-state index in [1.807, 2.05) is 20.8 Å². The van der Waals surface area contributed by atoms with Gasteiger partial charge in [0.1, 0.15) is 0 Å². The Kier molecular flexibility index (Phi) is 5.21. The van der Waals surface area contributed by atoms with Crippen molar-refractivity contribution in [2.24, 2.45) is 0 Å². The molecule has 0 aliphatic heterocycles. The summed E-state index contributed by atoms with van der Waals surface area (Å²) in [5.41, 5.74) is 1.91. The molecule has 4 nitrogen and oxygen atoms in total. The van der Waals surface area contributed by atoms with Gasteiger partial charge in [0.15, 0.2) is 0 Å². The molecular weight excluding hydrogens is 190 g/mol. The minimum Gasteiger partial charge on any atom is -0.377 e. The molecule has 0 saturated heterocycles. The van der Waals surface area contributed by atoms with E-state index in [0.717, 1.165) is 31.1 Å². The second-order valence-corrected chi connectivity index (χ2v) is 3.75. The van der Waals surface area contributed by atoms with Gasteiger partial charge < -0.3 is 10.1 Å². The van der Waals surface area contributed by atoms with Gasteiger partial charge in [-0.25, -0.2) is 0 Å². The maximum Gasteiger partial charge on any atom is 0.0724 e. The molecule has 0 atom stereocenters. The van der Waals surface area contributed by atoms with E-state index in [1.54, 1.807) is 12.4 Å². The van der Waals surface area contributed by atoms with Crippen LogP contribution < -0.4 is 5.32 Å². The predicted octanol–water partition coefficient (Wildman–Crippen LogP) is 1.30. The molecule has 0 amide bonds. The molecule has 0 spiro atoms. The van der Waals surface area contributed by atoms with Crippen LogP contribution in [0.4, 0.5) is 0 Å². The molecule has 84 valence electrons. The summed E-state index contributed by atoms with van der Waals surface area (Å²) in [6.07, 6.45) is 3.87. The average Bonchev–Trinajstić information content (AvgIpc) is 2.20. The van der Waals surface area contributed by atoms with Gasteiger partial charge in [0.05, 0.1) is 24.1 Å². The molecule has 0 radical (unpaired) electrons. The molecule has 0 aliphatic rings. The summed E-state index contributed by atoms with van der Waals surface area (Å²) in [4.78, 5) is 8.42. The third-order valence-corrected chi connectivity index (χ3v) is 1.87. The van der Waals surface area contributed by atoms with Crippen LogP contribution in [0.3, 0.4) is 0 Å². The van der Waals surface area contributed by atoms with Gasteiger partial charge in [-0.1, -0.05) is 0 Å². The lowest BCUT2D eigenvalue weighted by Crippen LogP contribution is -2.21. The summed E-state index contributed by atoms with van der Waals surface area (Å²) >= 11 is 0. The Morgan fingerprint density at radius 3 is 2.73 bits per heavy atom. The predicted molar refractivity (Wildman–Crippen MR) is 59.6 cm³/mol. The van der Waals surface area contributed by atoms with E-state index in [0.29, 0.717) is 6.10 Å². The van der Waals surface area contributed by atoms with Gasteiger partial charge in [-0.3, -0.25) is 9.97 Å². The maximum atomic E-state index is 5.40. The van der Waals surface area contributed by atoms with Gasteiger partial charge in [0.2, 0.25) is 0 Å². The Morgan fingerprint density at radius 1 is 1.33 bits per heavy atom. The highest BCUT2D eigenvalue weighted by molar-refractivity contribution is 4.99. The lowest BCUT2D eigenvalue weighted by molar-refractivity contribution is 0.0806. The molecule has 1 heterocycles. The topological polar surface area (TPSA) is 47.0 Å². The van der Waals surface area contributed by atoms with E-state index in [1.165, 1.54) is 0 Å². The number of nitrogens with one attached hydrogen (secondary N) is 1. The number of aryl methyl sites for hydroxylation is 1. The Labute approximate surface area is 91.1 Å². The Balaban J connectivity index is 2.12. The van der Waals surface area contributed by atoms with Crippen LogP contribution in [0, 0.1) is 6.92 Å². The van der Waals surface area contributed by atoms with Crippen LogP contribution in [0.1, 0.15) is 25.2 Å². The van der Waals surface area contributed by atoms with Gasteiger partial charge in [-0.05, 0) is 20.8 Å².